The van der Waals surface area contributed by atoms with Crippen LogP contribution < -0.4 is 0 Å². The van der Waals surface area contributed by atoms with E-state index in [4.69, 9.17) is 9.47 Å². The van der Waals surface area contributed by atoms with Gasteiger partial charge in [-0.2, -0.15) is 0 Å². The zero-order valence-electron chi connectivity index (χ0n) is 21.9. The number of benzene rings is 1. The van der Waals surface area contributed by atoms with Crippen LogP contribution in [0.5, 0.6) is 0 Å². The van der Waals surface area contributed by atoms with Gasteiger partial charge in [-0.05, 0) is 23.8 Å². The lowest BCUT2D eigenvalue weighted by molar-refractivity contribution is -0.0826. The van der Waals surface area contributed by atoms with Gasteiger partial charge in [0.1, 0.15) is 6.33 Å². The lowest BCUT2D eigenvalue weighted by Gasteiger charge is -2.46. The molecule has 1 aromatic carbocycles. The third-order valence-electron chi connectivity index (χ3n) is 8.10. The van der Waals surface area contributed by atoms with Crippen LogP contribution in [0, 0.1) is 0 Å². The number of thiophene rings is 1. The molecule has 7 rings (SSSR count). The molecule has 4 aromatic rings. The third kappa shape index (κ3) is 4.89. The average Bonchev–Trinajstić information content (AvgIpc) is 3.65. The van der Waals surface area contributed by atoms with Crippen molar-refractivity contribution in [3.63, 3.8) is 0 Å². The molecule has 3 aliphatic heterocycles. The predicted molar refractivity (Wildman–Crippen MR) is 150 cm³/mol. The smallest absolute Gasteiger partial charge is 0.320 e. The number of amides is 2. The van der Waals surface area contributed by atoms with E-state index in [1.165, 1.54) is 15.8 Å². The van der Waals surface area contributed by atoms with Crippen LogP contribution in [0.25, 0.3) is 21.1 Å². The summed E-state index contributed by atoms with van der Waals surface area (Å²) in [5, 5.41) is 1.22. The van der Waals surface area contributed by atoms with Crippen molar-refractivity contribution in [2.24, 2.45) is 0 Å². The normalized spacial score (nSPS) is 22.5. The maximum absolute atomic E-state index is 13.1. The van der Waals surface area contributed by atoms with Gasteiger partial charge in [0.25, 0.3) is 0 Å². The second-order valence-corrected chi connectivity index (χ2v) is 11.5. The number of H-pyrrole nitrogens is 1. The minimum absolute atomic E-state index is 0.0147. The lowest BCUT2D eigenvalue weighted by atomic mass is 10.0. The highest BCUT2D eigenvalue weighted by Gasteiger charge is 2.36. The van der Waals surface area contributed by atoms with Crippen LogP contribution in [0.4, 0.5) is 4.79 Å². The maximum atomic E-state index is 13.1. The Morgan fingerprint density at radius 1 is 1.00 bits per heavy atom. The van der Waals surface area contributed by atoms with E-state index >= 15 is 0 Å². The molecule has 11 heteroatoms. The number of fused-ring (bicyclic) bond motifs is 2. The van der Waals surface area contributed by atoms with Crippen molar-refractivity contribution in [3.05, 3.63) is 59.5 Å². The first kappa shape index (κ1) is 24.9. The Morgan fingerprint density at radius 3 is 2.69 bits per heavy atom. The molecule has 3 aromatic heterocycles. The van der Waals surface area contributed by atoms with Gasteiger partial charge >= 0.3 is 6.03 Å². The number of aromatic amines is 1. The number of hydrogen-bond acceptors (Lipinski definition) is 8. The molecule has 0 bridgehead atoms. The molecule has 2 atom stereocenters. The SMILES string of the molecule is O=C(N1CCOCC1)N1CCN(C(c2cc3ncncc3s2)N2CCOC(c3cccc4[nH]ccc34)C2)CC1. The van der Waals surface area contributed by atoms with Crippen LogP contribution in [0.1, 0.15) is 22.7 Å². The van der Waals surface area contributed by atoms with Gasteiger partial charge in [-0.3, -0.25) is 9.80 Å². The summed E-state index contributed by atoms with van der Waals surface area (Å²) in [5.41, 5.74) is 3.34. The predicted octanol–water partition coefficient (Wildman–Crippen LogP) is 3.31. The molecule has 3 saturated heterocycles. The van der Waals surface area contributed by atoms with Crippen LogP contribution in [0.3, 0.4) is 0 Å². The van der Waals surface area contributed by atoms with E-state index in [9.17, 15) is 4.79 Å². The van der Waals surface area contributed by atoms with Crippen molar-refractivity contribution >= 4 is 38.5 Å². The lowest BCUT2D eigenvalue weighted by Crippen LogP contribution is -2.57. The van der Waals surface area contributed by atoms with E-state index in [1.807, 2.05) is 22.2 Å². The highest BCUT2D eigenvalue weighted by atomic mass is 32.1. The average molecular weight is 548 g/mol. The first-order valence-corrected chi connectivity index (χ1v) is 14.5. The molecule has 0 spiro atoms. The first-order valence-electron chi connectivity index (χ1n) is 13.7. The summed E-state index contributed by atoms with van der Waals surface area (Å²) in [6.07, 6.45) is 5.58. The second kappa shape index (κ2) is 10.8. The van der Waals surface area contributed by atoms with Gasteiger partial charge in [0.05, 0.1) is 42.3 Å². The van der Waals surface area contributed by atoms with Gasteiger partial charge in [0.15, 0.2) is 0 Å². The highest BCUT2D eigenvalue weighted by molar-refractivity contribution is 7.19. The molecule has 0 saturated carbocycles. The zero-order chi connectivity index (χ0) is 26.2. The number of aromatic nitrogens is 3. The van der Waals surface area contributed by atoms with Crippen molar-refractivity contribution in [2.45, 2.75) is 12.3 Å². The number of carbonyl (C=O) groups excluding carboxylic acids is 1. The van der Waals surface area contributed by atoms with E-state index in [-0.39, 0.29) is 18.3 Å². The number of morpholine rings is 2. The molecule has 6 heterocycles. The topological polar surface area (TPSA) is 90.1 Å². The second-order valence-electron chi connectivity index (χ2n) is 10.3. The molecule has 3 aliphatic rings. The number of rotatable bonds is 4. The first-order chi connectivity index (χ1) is 19.2. The summed E-state index contributed by atoms with van der Waals surface area (Å²) in [6, 6.07) is 10.9. The van der Waals surface area contributed by atoms with Crippen molar-refractivity contribution in [2.75, 3.05) is 72.2 Å². The van der Waals surface area contributed by atoms with Crippen LogP contribution >= 0.6 is 11.3 Å². The van der Waals surface area contributed by atoms with Gasteiger partial charge in [-0.1, -0.05) is 12.1 Å². The molecule has 204 valence electrons. The summed E-state index contributed by atoms with van der Waals surface area (Å²) in [5.74, 6) is 0. The molecule has 0 radical (unpaired) electrons. The van der Waals surface area contributed by atoms with Gasteiger partial charge in [0, 0.05) is 80.5 Å². The van der Waals surface area contributed by atoms with Crippen molar-refractivity contribution in [1.82, 2.24) is 34.6 Å². The van der Waals surface area contributed by atoms with Crippen molar-refractivity contribution < 1.29 is 14.3 Å². The Labute approximate surface area is 231 Å². The van der Waals surface area contributed by atoms with Crippen LogP contribution in [0.2, 0.25) is 0 Å². The van der Waals surface area contributed by atoms with E-state index in [2.05, 4.69) is 55.1 Å². The van der Waals surface area contributed by atoms with Crippen LogP contribution in [-0.4, -0.2) is 113 Å². The van der Waals surface area contributed by atoms with E-state index in [0.29, 0.717) is 46.0 Å². The maximum Gasteiger partial charge on any atom is 0.320 e. The summed E-state index contributed by atoms with van der Waals surface area (Å²) in [6.45, 7) is 7.96. The minimum atomic E-state index is -0.0147. The largest absolute Gasteiger partial charge is 0.378 e. The van der Waals surface area contributed by atoms with Crippen molar-refractivity contribution in [3.8, 4) is 0 Å². The number of carbonyl (C=O) groups is 1. The Balaban J connectivity index is 1.15. The molecular weight excluding hydrogens is 514 g/mol. The highest BCUT2D eigenvalue weighted by Crippen LogP contribution is 2.38. The quantitative estimate of drug-likeness (QED) is 0.419. The molecule has 0 aliphatic carbocycles. The summed E-state index contributed by atoms with van der Waals surface area (Å²) in [7, 11) is 0. The number of nitrogens with zero attached hydrogens (tertiary/aromatic N) is 6. The molecule has 10 nitrogen and oxygen atoms in total. The van der Waals surface area contributed by atoms with E-state index in [1.54, 1.807) is 17.7 Å². The van der Waals surface area contributed by atoms with Crippen LogP contribution in [-0.2, 0) is 9.47 Å². The summed E-state index contributed by atoms with van der Waals surface area (Å²) in [4.78, 5) is 35.5. The van der Waals surface area contributed by atoms with Crippen LogP contribution in [0.15, 0.2) is 49.1 Å². The molecule has 2 unspecified atom stereocenters. The molecule has 39 heavy (non-hydrogen) atoms. The molecular formula is C28H33N7O3S. The van der Waals surface area contributed by atoms with Gasteiger partial charge in [-0.25, -0.2) is 14.8 Å². The molecule has 1 N–H and O–H groups in total. The van der Waals surface area contributed by atoms with Crippen molar-refractivity contribution in [1.29, 1.82) is 0 Å². The third-order valence-corrected chi connectivity index (χ3v) is 9.20. The number of nitrogens with one attached hydrogen (secondary N) is 1. The molecule has 3 fully saturated rings. The zero-order valence-corrected chi connectivity index (χ0v) is 22.7. The fourth-order valence-electron chi connectivity index (χ4n) is 6.10. The van der Waals surface area contributed by atoms with E-state index in [0.717, 1.165) is 41.9 Å². The van der Waals surface area contributed by atoms with E-state index < -0.39 is 0 Å². The van der Waals surface area contributed by atoms with Gasteiger partial charge < -0.3 is 24.3 Å². The molecule has 2 amide bonds. The fourth-order valence-corrected chi connectivity index (χ4v) is 7.26. The Kier molecular flexibility index (Phi) is 6.91. The number of urea groups is 1. The van der Waals surface area contributed by atoms with Gasteiger partial charge in [-0.15, -0.1) is 11.3 Å². The monoisotopic (exact) mass is 547 g/mol. The number of hydrogen-bond donors (Lipinski definition) is 1. The number of ether oxygens (including phenoxy) is 2. The summed E-state index contributed by atoms with van der Waals surface area (Å²) >= 11 is 1.77. The Hall–Kier alpha value is -3.09. The summed E-state index contributed by atoms with van der Waals surface area (Å²) < 4.78 is 12.9. The Bertz CT molecular complexity index is 1410. The standard InChI is InChI=1S/C28H33N7O3S/c36-28(34-10-13-37-14-11-34)33-8-6-32(7-9-33)27(25-16-23-26(39-25)17-29-19-31-23)35-12-15-38-24(18-35)21-2-1-3-22-20(21)4-5-30-22/h1-5,16-17,19,24,27,30H,6-15,18H2. The van der Waals surface area contributed by atoms with Gasteiger partial charge in [0.2, 0.25) is 0 Å². The number of piperazine rings is 1. The fraction of sp³-hybridized carbons (Fsp3) is 0.464. The minimum Gasteiger partial charge on any atom is -0.378 e. The Morgan fingerprint density at radius 2 is 1.85 bits per heavy atom.